The smallest absolute Gasteiger partial charge is 0.261 e. The van der Waals surface area contributed by atoms with E-state index < -0.39 is 0 Å². The minimum atomic E-state index is -0.298. The second-order valence-corrected chi connectivity index (χ2v) is 8.41. The van der Waals surface area contributed by atoms with Crippen molar-refractivity contribution in [1.29, 1.82) is 0 Å². The lowest BCUT2D eigenvalue weighted by atomic mass is 10.1. The molecule has 0 radical (unpaired) electrons. The van der Waals surface area contributed by atoms with Crippen LogP contribution >= 0.6 is 11.3 Å². The molecule has 0 spiro atoms. The summed E-state index contributed by atoms with van der Waals surface area (Å²) in [6, 6.07) is 13.6. The van der Waals surface area contributed by atoms with Crippen LogP contribution in [0.5, 0.6) is 0 Å². The summed E-state index contributed by atoms with van der Waals surface area (Å²) >= 11 is 1.39. The molecule has 2 aromatic carbocycles. The van der Waals surface area contributed by atoms with Crippen molar-refractivity contribution in [3.63, 3.8) is 0 Å². The van der Waals surface area contributed by atoms with Gasteiger partial charge in [-0.2, -0.15) is 0 Å². The molecular weight excluding hydrogens is 412 g/mol. The lowest BCUT2D eigenvalue weighted by Crippen LogP contribution is -2.29. The highest BCUT2D eigenvalue weighted by molar-refractivity contribution is 7.15. The molecule has 8 heteroatoms. The van der Waals surface area contributed by atoms with E-state index in [1.165, 1.54) is 16.2 Å². The fraction of sp³-hybridized carbons (Fsp3) is 0.261. The van der Waals surface area contributed by atoms with Gasteiger partial charge in [0.1, 0.15) is 5.01 Å². The Morgan fingerprint density at radius 1 is 0.968 bits per heavy atom. The van der Waals surface area contributed by atoms with E-state index in [1.54, 1.807) is 48.5 Å². The number of anilines is 1. The van der Waals surface area contributed by atoms with E-state index in [0.29, 0.717) is 21.8 Å². The van der Waals surface area contributed by atoms with E-state index >= 15 is 0 Å². The quantitative estimate of drug-likeness (QED) is 0.421. The first kappa shape index (κ1) is 20.9. The van der Waals surface area contributed by atoms with Crippen molar-refractivity contribution in [3.05, 3.63) is 75.8 Å². The van der Waals surface area contributed by atoms with E-state index in [1.807, 2.05) is 0 Å². The van der Waals surface area contributed by atoms with Gasteiger partial charge in [0, 0.05) is 12.0 Å². The van der Waals surface area contributed by atoms with Crippen LogP contribution < -0.4 is 5.32 Å². The summed E-state index contributed by atoms with van der Waals surface area (Å²) in [6.07, 6.45) is 4.22. The highest BCUT2D eigenvalue weighted by Crippen LogP contribution is 2.24. The van der Waals surface area contributed by atoms with Crippen LogP contribution in [-0.2, 0) is 13.0 Å². The first-order valence-electron chi connectivity index (χ1n) is 10.2. The Balaban J connectivity index is 1.37. The molecule has 7 nitrogen and oxygen atoms in total. The normalized spacial score (nSPS) is 12.9. The molecule has 0 bridgehead atoms. The monoisotopic (exact) mass is 434 g/mol. The zero-order valence-electron chi connectivity index (χ0n) is 17.1. The fourth-order valence-corrected chi connectivity index (χ4v) is 4.20. The molecule has 3 amide bonds. The average Bonchev–Trinajstić information content (AvgIpc) is 3.33. The largest absolute Gasteiger partial charge is 0.296 e. The molecule has 0 atom stereocenters. The van der Waals surface area contributed by atoms with Gasteiger partial charge >= 0.3 is 0 Å². The number of aromatic nitrogens is 2. The van der Waals surface area contributed by atoms with Gasteiger partial charge in [-0.05, 0) is 36.2 Å². The third-order valence-corrected chi connectivity index (χ3v) is 6.01. The number of carbonyl (C=O) groups is 3. The van der Waals surface area contributed by atoms with E-state index in [0.717, 1.165) is 36.3 Å². The van der Waals surface area contributed by atoms with Crippen molar-refractivity contribution in [2.75, 3.05) is 5.32 Å². The maximum atomic E-state index is 12.5. The summed E-state index contributed by atoms with van der Waals surface area (Å²) in [7, 11) is 0. The van der Waals surface area contributed by atoms with Gasteiger partial charge in [0.05, 0.1) is 17.7 Å². The molecule has 31 heavy (non-hydrogen) atoms. The molecule has 4 rings (SSSR count). The lowest BCUT2D eigenvalue weighted by molar-refractivity contribution is 0.0642. The van der Waals surface area contributed by atoms with Crippen molar-refractivity contribution in [2.45, 2.75) is 39.2 Å². The molecular formula is C23H22N4O3S. The van der Waals surface area contributed by atoms with Gasteiger partial charge in [0.25, 0.3) is 17.7 Å². The third kappa shape index (κ3) is 4.54. The average molecular weight is 435 g/mol. The lowest BCUT2D eigenvalue weighted by Gasteiger charge is -2.14. The number of fused-ring (bicyclic) bond motifs is 1. The van der Waals surface area contributed by atoms with Gasteiger partial charge in [0.15, 0.2) is 0 Å². The van der Waals surface area contributed by atoms with E-state index in [-0.39, 0.29) is 24.3 Å². The highest BCUT2D eigenvalue weighted by atomic mass is 32.1. The van der Waals surface area contributed by atoms with Crippen LogP contribution in [0, 0.1) is 0 Å². The molecule has 158 valence electrons. The summed E-state index contributed by atoms with van der Waals surface area (Å²) in [5, 5.41) is 12.3. The Hall–Kier alpha value is -3.39. The Morgan fingerprint density at radius 3 is 2.29 bits per heavy atom. The number of unbranched alkanes of at least 4 members (excludes halogenated alkanes) is 2. The molecule has 0 saturated heterocycles. The Bertz CT molecular complexity index is 1090. The van der Waals surface area contributed by atoms with Crippen molar-refractivity contribution < 1.29 is 14.4 Å². The molecule has 1 aromatic heterocycles. The molecule has 2 heterocycles. The number of nitrogens with zero attached hydrogens (tertiary/aromatic N) is 3. The minimum Gasteiger partial charge on any atom is -0.296 e. The number of rotatable bonds is 8. The number of benzene rings is 2. The van der Waals surface area contributed by atoms with Gasteiger partial charge in [-0.25, -0.2) is 0 Å². The number of hydrogen-bond donors (Lipinski definition) is 1. The summed E-state index contributed by atoms with van der Waals surface area (Å²) in [5.41, 5.74) is 2.08. The predicted molar refractivity (Wildman–Crippen MR) is 118 cm³/mol. The standard InChI is InChI=1S/C23H22N4O3S/c1-2-3-4-9-19-25-26-23(31-19)24-20(28)16-12-10-15(11-13-16)14-27-21(29)17-7-5-6-8-18(17)22(27)30/h5-8,10-13H,2-4,9,14H2,1H3,(H,24,26,28). The predicted octanol–water partition coefficient (Wildman–Crippen LogP) is 4.32. The number of hydrogen-bond acceptors (Lipinski definition) is 6. The molecule has 0 aliphatic carbocycles. The van der Waals surface area contributed by atoms with Gasteiger partial charge in [0.2, 0.25) is 5.13 Å². The Kier molecular flexibility index (Phi) is 6.18. The van der Waals surface area contributed by atoms with Gasteiger partial charge in [-0.3, -0.25) is 24.6 Å². The Morgan fingerprint density at radius 2 is 1.65 bits per heavy atom. The van der Waals surface area contributed by atoms with Crippen molar-refractivity contribution in [2.24, 2.45) is 0 Å². The number of nitrogens with one attached hydrogen (secondary N) is 1. The van der Waals surface area contributed by atoms with Gasteiger partial charge in [-0.1, -0.05) is 55.4 Å². The van der Waals surface area contributed by atoms with Crippen molar-refractivity contribution >= 4 is 34.2 Å². The van der Waals surface area contributed by atoms with Gasteiger partial charge < -0.3 is 0 Å². The molecule has 0 saturated carbocycles. The van der Waals surface area contributed by atoms with Crippen LogP contribution in [0.3, 0.4) is 0 Å². The zero-order valence-corrected chi connectivity index (χ0v) is 17.9. The van der Waals surface area contributed by atoms with E-state index in [4.69, 9.17) is 0 Å². The van der Waals surface area contributed by atoms with Crippen LogP contribution in [0.25, 0.3) is 0 Å². The minimum absolute atomic E-state index is 0.158. The first-order chi connectivity index (χ1) is 15.1. The third-order valence-electron chi connectivity index (χ3n) is 5.12. The zero-order chi connectivity index (χ0) is 21.8. The summed E-state index contributed by atoms with van der Waals surface area (Å²) in [6.45, 7) is 2.31. The molecule has 1 N–H and O–H groups in total. The molecule has 0 fully saturated rings. The molecule has 3 aromatic rings. The highest BCUT2D eigenvalue weighted by Gasteiger charge is 2.34. The van der Waals surface area contributed by atoms with E-state index in [9.17, 15) is 14.4 Å². The molecule has 0 unspecified atom stereocenters. The maximum absolute atomic E-state index is 12.5. The number of imide groups is 1. The van der Waals surface area contributed by atoms with Crippen LogP contribution in [0.1, 0.15) is 67.8 Å². The van der Waals surface area contributed by atoms with Crippen LogP contribution in [0.2, 0.25) is 0 Å². The molecule has 1 aliphatic rings. The Labute approximate surface area is 184 Å². The van der Waals surface area contributed by atoms with Crippen LogP contribution in [0.4, 0.5) is 5.13 Å². The van der Waals surface area contributed by atoms with E-state index in [2.05, 4.69) is 22.4 Å². The summed E-state index contributed by atoms with van der Waals surface area (Å²) in [4.78, 5) is 38.7. The first-order valence-corrected chi connectivity index (χ1v) is 11.1. The van der Waals surface area contributed by atoms with Crippen LogP contribution in [-0.4, -0.2) is 32.8 Å². The number of carbonyl (C=O) groups excluding carboxylic acids is 3. The van der Waals surface area contributed by atoms with Crippen molar-refractivity contribution in [1.82, 2.24) is 15.1 Å². The fourth-order valence-electron chi connectivity index (χ4n) is 3.43. The SMILES string of the molecule is CCCCCc1nnc(NC(=O)c2ccc(CN3C(=O)c4ccccc4C3=O)cc2)s1. The summed E-state index contributed by atoms with van der Waals surface area (Å²) < 4.78 is 0. The second kappa shape index (κ2) is 9.18. The number of amides is 3. The summed E-state index contributed by atoms with van der Waals surface area (Å²) in [5.74, 6) is -0.870. The second-order valence-electron chi connectivity index (χ2n) is 7.35. The van der Waals surface area contributed by atoms with Crippen molar-refractivity contribution in [3.8, 4) is 0 Å². The number of aryl methyl sites for hydroxylation is 1. The molecule has 1 aliphatic heterocycles. The maximum Gasteiger partial charge on any atom is 0.261 e. The van der Waals surface area contributed by atoms with Gasteiger partial charge in [-0.15, -0.1) is 10.2 Å². The van der Waals surface area contributed by atoms with Crippen LogP contribution in [0.15, 0.2) is 48.5 Å². The topological polar surface area (TPSA) is 92.3 Å².